The number of thiophene rings is 1. The van der Waals surface area contributed by atoms with Gasteiger partial charge in [-0.1, -0.05) is 0 Å². The number of halogens is 1. The van der Waals surface area contributed by atoms with E-state index >= 15 is 0 Å². The van der Waals surface area contributed by atoms with Gasteiger partial charge in [0, 0.05) is 24.7 Å². The van der Waals surface area contributed by atoms with Crippen LogP contribution in [0.3, 0.4) is 0 Å². The molecule has 0 saturated heterocycles. The topological polar surface area (TPSA) is 49.4 Å². The standard InChI is InChI=1S/C14H17BrN2O2S2/c1-10(13-8-9-14(15)20-13)16-11-4-6-12(7-5-11)21(18,19)17(2)3/h4-10,16H,1-3H3. The molecule has 0 fully saturated rings. The van der Waals surface area contributed by atoms with Crippen LogP contribution in [0.4, 0.5) is 5.69 Å². The Kier molecular flexibility index (Phi) is 5.08. The molecule has 1 unspecified atom stereocenters. The van der Waals surface area contributed by atoms with Crippen molar-refractivity contribution in [3.8, 4) is 0 Å². The number of rotatable bonds is 5. The zero-order valence-corrected chi connectivity index (χ0v) is 15.2. The van der Waals surface area contributed by atoms with E-state index in [0.29, 0.717) is 4.90 Å². The van der Waals surface area contributed by atoms with E-state index < -0.39 is 10.0 Å². The van der Waals surface area contributed by atoms with Crippen molar-refractivity contribution in [3.63, 3.8) is 0 Å². The molecule has 0 bridgehead atoms. The first kappa shape index (κ1) is 16.5. The molecule has 21 heavy (non-hydrogen) atoms. The number of hydrogen-bond donors (Lipinski definition) is 1. The van der Waals surface area contributed by atoms with Crippen molar-refractivity contribution in [1.82, 2.24) is 4.31 Å². The van der Waals surface area contributed by atoms with Crippen molar-refractivity contribution in [1.29, 1.82) is 0 Å². The Hall–Kier alpha value is -0.890. The van der Waals surface area contributed by atoms with Gasteiger partial charge < -0.3 is 5.32 Å². The molecule has 0 amide bonds. The summed E-state index contributed by atoms with van der Waals surface area (Å²) in [6, 6.07) is 11.1. The summed E-state index contributed by atoms with van der Waals surface area (Å²) in [5, 5.41) is 3.36. The maximum absolute atomic E-state index is 12.0. The van der Waals surface area contributed by atoms with E-state index in [-0.39, 0.29) is 6.04 Å². The van der Waals surface area contributed by atoms with Gasteiger partial charge in [0.2, 0.25) is 10.0 Å². The Balaban J connectivity index is 2.13. The van der Waals surface area contributed by atoms with Crippen molar-refractivity contribution >= 4 is 43.0 Å². The van der Waals surface area contributed by atoms with Crippen molar-refractivity contribution in [2.45, 2.75) is 17.9 Å². The SMILES string of the molecule is CC(Nc1ccc(S(=O)(=O)N(C)C)cc1)c1ccc(Br)s1. The molecule has 0 aliphatic heterocycles. The molecule has 1 aromatic heterocycles. The summed E-state index contributed by atoms with van der Waals surface area (Å²) in [4.78, 5) is 1.51. The number of sulfonamides is 1. The van der Waals surface area contributed by atoms with Crippen molar-refractivity contribution in [2.75, 3.05) is 19.4 Å². The molecule has 1 heterocycles. The third kappa shape index (κ3) is 3.85. The highest BCUT2D eigenvalue weighted by Crippen LogP contribution is 2.29. The predicted octanol–water partition coefficient (Wildman–Crippen LogP) is 3.93. The van der Waals surface area contributed by atoms with Gasteiger partial charge in [-0.05, 0) is 59.3 Å². The molecule has 2 aromatic rings. The van der Waals surface area contributed by atoms with Gasteiger partial charge in [0.1, 0.15) is 0 Å². The minimum atomic E-state index is -3.37. The summed E-state index contributed by atoms with van der Waals surface area (Å²) < 4.78 is 26.3. The van der Waals surface area contributed by atoms with Gasteiger partial charge >= 0.3 is 0 Å². The lowest BCUT2D eigenvalue weighted by atomic mass is 10.2. The zero-order valence-electron chi connectivity index (χ0n) is 12.0. The normalized spacial score (nSPS) is 13.4. The second-order valence-electron chi connectivity index (χ2n) is 4.82. The van der Waals surface area contributed by atoms with Crippen molar-refractivity contribution in [3.05, 3.63) is 45.1 Å². The number of anilines is 1. The fourth-order valence-corrected chi connectivity index (χ4v) is 4.14. The van der Waals surface area contributed by atoms with E-state index in [1.165, 1.54) is 23.3 Å². The summed E-state index contributed by atoms with van der Waals surface area (Å²) in [6.07, 6.45) is 0. The minimum absolute atomic E-state index is 0.164. The number of nitrogens with zero attached hydrogens (tertiary/aromatic N) is 1. The van der Waals surface area contributed by atoms with Gasteiger partial charge in [-0.15, -0.1) is 11.3 Å². The highest BCUT2D eigenvalue weighted by atomic mass is 79.9. The van der Waals surface area contributed by atoms with Crippen LogP contribution in [0.2, 0.25) is 0 Å². The van der Waals surface area contributed by atoms with Gasteiger partial charge in [-0.2, -0.15) is 0 Å². The first-order chi connectivity index (χ1) is 9.80. The van der Waals surface area contributed by atoms with Crippen LogP contribution in [0.15, 0.2) is 45.1 Å². The molecule has 1 N–H and O–H groups in total. The molecular weight excluding hydrogens is 372 g/mol. The van der Waals surface area contributed by atoms with Gasteiger partial charge in [-0.3, -0.25) is 0 Å². The number of nitrogens with one attached hydrogen (secondary N) is 1. The molecular formula is C14H17BrN2O2S2. The molecule has 114 valence electrons. The van der Waals surface area contributed by atoms with Gasteiger partial charge in [0.15, 0.2) is 0 Å². The fourth-order valence-electron chi connectivity index (χ4n) is 1.82. The summed E-state index contributed by atoms with van der Waals surface area (Å²) >= 11 is 5.13. The van der Waals surface area contributed by atoms with Crippen LogP contribution in [0.25, 0.3) is 0 Å². The van der Waals surface area contributed by atoms with Gasteiger partial charge in [-0.25, -0.2) is 12.7 Å². The van der Waals surface area contributed by atoms with Crippen LogP contribution in [0, 0.1) is 0 Å². The van der Waals surface area contributed by atoms with E-state index in [9.17, 15) is 8.42 Å². The second-order valence-corrected chi connectivity index (χ2v) is 9.47. The van der Waals surface area contributed by atoms with Crippen LogP contribution < -0.4 is 5.32 Å². The molecule has 1 atom stereocenters. The quantitative estimate of drug-likeness (QED) is 0.843. The second kappa shape index (κ2) is 6.48. The monoisotopic (exact) mass is 388 g/mol. The molecule has 1 aromatic carbocycles. The van der Waals surface area contributed by atoms with E-state index in [0.717, 1.165) is 9.47 Å². The summed E-state index contributed by atoms with van der Waals surface area (Å²) in [6.45, 7) is 2.07. The average molecular weight is 389 g/mol. The predicted molar refractivity (Wildman–Crippen MR) is 91.4 cm³/mol. The zero-order chi connectivity index (χ0) is 15.6. The lowest BCUT2D eigenvalue weighted by Gasteiger charge is -2.15. The maximum Gasteiger partial charge on any atom is 0.242 e. The maximum atomic E-state index is 12.0. The summed E-state index contributed by atoms with van der Waals surface area (Å²) in [5.74, 6) is 0. The molecule has 4 nitrogen and oxygen atoms in total. The van der Waals surface area contributed by atoms with Gasteiger partial charge in [0.25, 0.3) is 0 Å². The third-order valence-corrected chi connectivity index (χ3v) is 6.67. The van der Waals surface area contributed by atoms with Crippen LogP contribution in [0.5, 0.6) is 0 Å². The fraction of sp³-hybridized carbons (Fsp3) is 0.286. The van der Waals surface area contributed by atoms with Crippen molar-refractivity contribution < 1.29 is 8.42 Å². The van der Waals surface area contributed by atoms with E-state index in [4.69, 9.17) is 0 Å². The Morgan fingerprint density at radius 2 is 1.76 bits per heavy atom. The average Bonchev–Trinajstić information content (AvgIpc) is 2.86. The van der Waals surface area contributed by atoms with Gasteiger partial charge in [0.05, 0.1) is 14.7 Å². The molecule has 2 rings (SSSR count). The van der Waals surface area contributed by atoms with Crippen LogP contribution in [-0.2, 0) is 10.0 Å². The summed E-state index contributed by atoms with van der Waals surface area (Å²) in [5.41, 5.74) is 0.893. The largest absolute Gasteiger partial charge is 0.378 e. The Labute approximate surface area is 138 Å². The van der Waals surface area contributed by atoms with E-state index in [1.54, 1.807) is 35.6 Å². The molecule has 0 aliphatic rings. The number of hydrogen-bond acceptors (Lipinski definition) is 4. The number of benzene rings is 1. The lowest BCUT2D eigenvalue weighted by Crippen LogP contribution is -2.22. The van der Waals surface area contributed by atoms with E-state index in [1.807, 2.05) is 6.07 Å². The van der Waals surface area contributed by atoms with E-state index in [2.05, 4.69) is 34.2 Å². The smallest absolute Gasteiger partial charge is 0.242 e. The van der Waals surface area contributed by atoms with Crippen LogP contribution >= 0.6 is 27.3 Å². The lowest BCUT2D eigenvalue weighted by molar-refractivity contribution is 0.521. The highest BCUT2D eigenvalue weighted by molar-refractivity contribution is 9.11. The summed E-state index contributed by atoms with van der Waals surface area (Å²) in [7, 11) is -0.318. The Bertz CT molecular complexity index is 709. The van der Waals surface area contributed by atoms with Crippen LogP contribution in [-0.4, -0.2) is 26.8 Å². The third-order valence-electron chi connectivity index (χ3n) is 3.04. The molecule has 0 radical (unpaired) electrons. The Morgan fingerprint density at radius 3 is 2.24 bits per heavy atom. The molecule has 0 spiro atoms. The highest BCUT2D eigenvalue weighted by Gasteiger charge is 2.16. The first-order valence-corrected chi connectivity index (χ1v) is 9.40. The molecule has 0 saturated carbocycles. The first-order valence-electron chi connectivity index (χ1n) is 6.35. The minimum Gasteiger partial charge on any atom is -0.378 e. The van der Waals surface area contributed by atoms with Crippen molar-refractivity contribution in [2.24, 2.45) is 0 Å². The van der Waals surface area contributed by atoms with Crippen LogP contribution in [0.1, 0.15) is 17.8 Å². The molecule has 7 heteroatoms. The Morgan fingerprint density at radius 1 is 1.14 bits per heavy atom. The molecule has 0 aliphatic carbocycles.